The van der Waals surface area contributed by atoms with Gasteiger partial charge in [0.1, 0.15) is 5.82 Å². The molecule has 17 heavy (non-hydrogen) atoms. The molecule has 2 heterocycles. The van der Waals surface area contributed by atoms with Crippen LogP contribution in [-0.2, 0) is 0 Å². The van der Waals surface area contributed by atoms with Crippen molar-refractivity contribution in [1.82, 2.24) is 9.88 Å². The normalized spacial score (nSPS) is 21.9. The van der Waals surface area contributed by atoms with Gasteiger partial charge in [-0.3, -0.25) is 0 Å². The van der Waals surface area contributed by atoms with Gasteiger partial charge < -0.3 is 15.5 Å². The molecule has 0 bridgehead atoms. The van der Waals surface area contributed by atoms with Gasteiger partial charge in [-0.15, -0.1) is 0 Å². The summed E-state index contributed by atoms with van der Waals surface area (Å²) < 4.78 is 0.924. The maximum absolute atomic E-state index is 5.91. The van der Waals surface area contributed by atoms with Crippen molar-refractivity contribution in [2.75, 3.05) is 38.1 Å². The molecule has 2 rings (SSSR count). The Balaban J connectivity index is 2.25. The third-order valence-corrected chi connectivity index (χ3v) is 3.81. The van der Waals surface area contributed by atoms with E-state index >= 15 is 0 Å². The first-order valence-electron chi connectivity index (χ1n) is 5.58. The molecule has 1 aromatic heterocycles. The number of pyridine rings is 1. The molecular formula is C11H16BrClN4. The summed E-state index contributed by atoms with van der Waals surface area (Å²) in [5.41, 5.74) is 5.84. The van der Waals surface area contributed by atoms with Crippen LogP contribution in [-0.4, -0.2) is 49.2 Å². The molecule has 6 heteroatoms. The van der Waals surface area contributed by atoms with E-state index in [1.54, 1.807) is 6.20 Å². The standard InChI is InChI=1S/C11H16BrClN4/c1-16-2-3-17(9(5-14)7-16)11-10(12)4-8(13)6-15-11/h4,6,9H,2-3,5,7,14H2,1H3. The molecule has 1 aliphatic rings. The van der Waals surface area contributed by atoms with Gasteiger partial charge in [0.25, 0.3) is 0 Å². The molecule has 0 saturated carbocycles. The van der Waals surface area contributed by atoms with Gasteiger partial charge in [0.05, 0.1) is 15.5 Å². The molecule has 0 aromatic carbocycles. The fraction of sp³-hybridized carbons (Fsp3) is 0.545. The van der Waals surface area contributed by atoms with E-state index in [-0.39, 0.29) is 0 Å². The Labute approximate surface area is 115 Å². The number of hydrogen-bond donors (Lipinski definition) is 1. The van der Waals surface area contributed by atoms with E-state index in [4.69, 9.17) is 17.3 Å². The lowest BCUT2D eigenvalue weighted by molar-refractivity contribution is 0.268. The van der Waals surface area contributed by atoms with Crippen molar-refractivity contribution >= 4 is 33.3 Å². The maximum atomic E-state index is 5.91. The number of nitrogens with two attached hydrogens (primary N) is 1. The fourth-order valence-corrected chi connectivity index (χ4v) is 2.98. The van der Waals surface area contributed by atoms with Crippen molar-refractivity contribution in [3.05, 3.63) is 21.8 Å². The molecule has 1 saturated heterocycles. The molecule has 1 unspecified atom stereocenters. The second kappa shape index (κ2) is 5.52. The molecule has 0 amide bonds. The van der Waals surface area contributed by atoms with Crippen LogP contribution in [0.3, 0.4) is 0 Å². The van der Waals surface area contributed by atoms with E-state index in [1.807, 2.05) is 6.07 Å². The predicted molar refractivity (Wildman–Crippen MR) is 74.6 cm³/mol. The Hall–Kier alpha value is -0.360. The summed E-state index contributed by atoms with van der Waals surface area (Å²) in [5.74, 6) is 0.929. The highest BCUT2D eigenvalue weighted by Gasteiger charge is 2.26. The Morgan fingerprint density at radius 2 is 2.35 bits per heavy atom. The Morgan fingerprint density at radius 1 is 1.59 bits per heavy atom. The zero-order valence-electron chi connectivity index (χ0n) is 9.74. The number of rotatable bonds is 2. The molecule has 0 aliphatic carbocycles. The van der Waals surface area contributed by atoms with Crippen LogP contribution in [0.1, 0.15) is 0 Å². The highest BCUT2D eigenvalue weighted by molar-refractivity contribution is 9.10. The number of likely N-dealkylation sites (N-methyl/N-ethyl adjacent to an activating group) is 1. The van der Waals surface area contributed by atoms with Gasteiger partial charge in [0.2, 0.25) is 0 Å². The highest BCUT2D eigenvalue weighted by atomic mass is 79.9. The minimum atomic E-state index is 0.304. The van der Waals surface area contributed by atoms with Gasteiger partial charge in [0, 0.05) is 32.4 Å². The number of anilines is 1. The first kappa shape index (κ1) is 13.1. The summed E-state index contributed by atoms with van der Waals surface area (Å²) >= 11 is 9.42. The lowest BCUT2D eigenvalue weighted by Crippen LogP contribution is -2.55. The molecule has 94 valence electrons. The van der Waals surface area contributed by atoms with Gasteiger partial charge in [0.15, 0.2) is 0 Å². The summed E-state index contributed by atoms with van der Waals surface area (Å²) in [6.45, 7) is 3.55. The monoisotopic (exact) mass is 318 g/mol. The van der Waals surface area contributed by atoms with Crippen LogP contribution in [0.5, 0.6) is 0 Å². The van der Waals surface area contributed by atoms with E-state index in [1.165, 1.54) is 0 Å². The Morgan fingerprint density at radius 3 is 3.00 bits per heavy atom. The minimum Gasteiger partial charge on any atom is -0.349 e. The van der Waals surface area contributed by atoms with Crippen LogP contribution < -0.4 is 10.6 Å². The average molecular weight is 320 g/mol. The van der Waals surface area contributed by atoms with E-state index in [0.717, 1.165) is 29.9 Å². The van der Waals surface area contributed by atoms with Crippen LogP contribution in [0.15, 0.2) is 16.7 Å². The summed E-state index contributed by atoms with van der Waals surface area (Å²) in [5, 5.41) is 0.638. The van der Waals surface area contributed by atoms with Crippen molar-refractivity contribution < 1.29 is 0 Å². The molecular weight excluding hydrogens is 304 g/mol. The van der Waals surface area contributed by atoms with Gasteiger partial charge >= 0.3 is 0 Å². The molecule has 1 atom stereocenters. The van der Waals surface area contributed by atoms with Crippen LogP contribution in [0, 0.1) is 0 Å². The molecule has 2 N–H and O–H groups in total. The topological polar surface area (TPSA) is 45.4 Å². The number of halogens is 2. The minimum absolute atomic E-state index is 0.304. The number of hydrogen-bond acceptors (Lipinski definition) is 4. The summed E-state index contributed by atoms with van der Waals surface area (Å²) in [7, 11) is 2.12. The molecule has 4 nitrogen and oxygen atoms in total. The first-order chi connectivity index (χ1) is 8.11. The van der Waals surface area contributed by atoms with Gasteiger partial charge in [-0.05, 0) is 29.0 Å². The molecule has 0 radical (unpaired) electrons. The fourth-order valence-electron chi connectivity index (χ4n) is 2.11. The Kier molecular flexibility index (Phi) is 4.25. The second-order valence-electron chi connectivity index (χ2n) is 4.30. The van der Waals surface area contributed by atoms with Crippen molar-refractivity contribution in [2.24, 2.45) is 5.73 Å². The lowest BCUT2D eigenvalue weighted by Gasteiger charge is -2.40. The lowest BCUT2D eigenvalue weighted by atomic mass is 10.1. The van der Waals surface area contributed by atoms with Crippen molar-refractivity contribution in [3.8, 4) is 0 Å². The largest absolute Gasteiger partial charge is 0.349 e. The van der Waals surface area contributed by atoms with Crippen LogP contribution in [0.25, 0.3) is 0 Å². The number of nitrogens with zero attached hydrogens (tertiary/aromatic N) is 3. The zero-order valence-corrected chi connectivity index (χ0v) is 12.1. The van der Waals surface area contributed by atoms with E-state index in [9.17, 15) is 0 Å². The van der Waals surface area contributed by atoms with Gasteiger partial charge in [-0.25, -0.2) is 4.98 Å². The third kappa shape index (κ3) is 2.91. The number of aromatic nitrogens is 1. The highest BCUT2D eigenvalue weighted by Crippen LogP contribution is 2.28. The quantitative estimate of drug-likeness (QED) is 0.899. The second-order valence-corrected chi connectivity index (χ2v) is 5.59. The van der Waals surface area contributed by atoms with Gasteiger partial charge in [-0.1, -0.05) is 11.6 Å². The molecule has 1 aliphatic heterocycles. The summed E-state index contributed by atoms with van der Waals surface area (Å²) in [6, 6.07) is 2.18. The molecule has 1 aromatic rings. The van der Waals surface area contributed by atoms with Crippen molar-refractivity contribution in [2.45, 2.75) is 6.04 Å². The molecule has 1 fully saturated rings. The van der Waals surface area contributed by atoms with Crippen LogP contribution in [0.2, 0.25) is 5.02 Å². The predicted octanol–water partition coefficient (Wildman–Crippen LogP) is 1.58. The van der Waals surface area contributed by atoms with E-state index in [0.29, 0.717) is 17.6 Å². The maximum Gasteiger partial charge on any atom is 0.143 e. The van der Waals surface area contributed by atoms with Crippen LogP contribution >= 0.6 is 27.5 Å². The van der Waals surface area contributed by atoms with E-state index in [2.05, 4.69) is 37.8 Å². The SMILES string of the molecule is CN1CCN(c2ncc(Cl)cc2Br)C(CN)C1. The number of piperazine rings is 1. The zero-order chi connectivity index (χ0) is 12.4. The summed E-state index contributed by atoms with van der Waals surface area (Å²) in [4.78, 5) is 8.94. The third-order valence-electron chi connectivity index (χ3n) is 3.02. The van der Waals surface area contributed by atoms with Crippen molar-refractivity contribution in [1.29, 1.82) is 0 Å². The first-order valence-corrected chi connectivity index (χ1v) is 6.75. The van der Waals surface area contributed by atoms with Crippen LogP contribution in [0.4, 0.5) is 5.82 Å². The Bertz CT molecular complexity index is 401. The van der Waals surface area contributed by atoms with Gasteiger partial charge in [-0.2, -0.15) is 0 Å². The smallest absolute Gasteiger partial charge is 0.143 e. The summed E-state index contributed by atoms with van der Waals surface area (Å²) in [6.07, 6.45) is 1.67. The average Bonchev–Trinajstić information content (AvgIpc) is 2.30. The van der Waals surface area contributed by atoms with Crippen molar-refractivity contribution in [3.63, 3.8) is 0 Å². The molecule has 0 spiro atoms. The van der Waals surface area contributed by atoms with E-state index < -0.39 is 0 Å².